The molecule has 2 atom stereocenters. The second-order valence-corrected chi connectivity index (χ2v) is 9.64. The van der Waals surface area contributed by atoms with E-state index in [0.717, 1.165) is 16.4 Å². The van der Waals surface area contributed by atoms with Crippen molar-refractivity contribution in [3.8, 4) is 12.3 Å². The number of nitrogens with zero attached hydrogens (tertiary/aromatic N) is 8. The van der Waals surface area contributed by atoms with E-state index in [4.69, 9.17) is 17.0 Å². The molecular weight excluding hydrogens is 520 g/mol. The third kappa shape index (κ3) is 4.78. The lowest BCUT2D eigenvalue weighted by molar-refractivity contribution is -0.150. The Labute approximate surface area is 209 Å². The summed E-state index contributed by atoms with van der Waals surface area (Å²) in [4.78, 5) is 47.5. The van der Waals surface area contributed by atoms with Gasteiger partial charge in [-0.3, -0.25) is 14.5 Å². The minimum absolute atomic E-state index is 0.0515. The van der Waals surface area contributed by atoms with Crippen LogP contribution in [0.25, 0.3) is 0 Å². The number of nitrogen functional groups attached to an aromatic ring is 1. The van der Waals surface area contributed by atoms with Crippen LogP contribution in [0.2, 0.25) is 0 Å². The molecule has 0 spiro atoms. The quantitative estimate of drug-likeness (QED) is 0.111. The maximum Gasteiger partial charge on any atom is 0.352 e. The number of thioether (sulfide) groups is 2. The van der Waals surface area contributed by atoms with Gasteiger partial charge >= 0.3 is 5.97 Å². The number of tetrazole rings is 1. The zero-order valence-electron chi connectivity index (χ0n) is 17.8. The summed E-state index contributed by atoms with van der Waals surface area (Å²) in [5.74, 6) is 0.339. The number of fused-ring (bicyclic) bond motifs is 1. The van der Waals surface area contributed by atoms with E-state index in [2.05, 4.69) is 41.3 Å². The summed E-state index contributed by atoms with van der Waals surface area (Å²) >= 11 is 3.39. The van der Waals surface area contributed by atoms with Gasteiger partial charge in [0.15, 0.2) is 5.13 Å². The van der Waals surface area contributed by atoms with Crippen LogP contribution >= 0.6 is 35.1 Å². The van der Waals surface area contributed by atoms with Crippen molar-refractivity contribution in [3.63, 3.8) is 0 Å². The summed E-state index contributed by atoms with van der Waals surface area (Å²) < 4.78 is 5.34. The van der Waals surface area contributed by atoms with Crippen LogP contribution in [0.4, 0.5) is 5.13 Å². The van der Waals surface area contributed by atoms with Crippen molar-refractivity contribution in [1.29, 1.82) is 0 Å². The number of carboxylic acids is 1. The Hall–Kier alpha value is -3.69. The molecule has 4 N–H and O–H groups in total. The van der Waals surface area contributed by atoms with Gasteiger partial charge in [0.05, 0.1) is 0 Å². The number of anilines is 1. The molecule has 18 heteroatoms. The second-order valence-electron chi connectivity index (χ2n) is 6.81. The van der Waals surface area contributed by atoms with Crippen LogP contribution in [0, 0.1) is 12.3 Å². The number of carboxylic acid groups (broad SMARTS) is 1. The topological polar surface area (TPSA) is 204 Å². The highest BCUT2D eigenvalue weighted by atomic mass is 32.2. The number of carbonyl (C=O) groups excluding carboxylic acids is 2. The van der Waals surface area contributed by atoms with E-state index in [9.17, 15) is 19.5 Å². The van der Waals surface area contributed by atoms with E-state index in [1.54, 1.807) is 0 Å². The van der Waals surface area contributed by atoms with Crippen LogP contribution in [0.3, 0.4) is 0 Å². The first-order chi connectivity index (χ1) is 16.8. The Kier molecular flexibility index (Phi) is 7.18. The maximum absolute atomic E-state index is 12.9. The van der Waals surface area contributed by atoms with Crippen LogP contribution in [-0.4, -0.2) is 93.1 Å². The predicted octanol–water partition coefficient (Wildman–Crippen LogP) is -1.38. The third-order valence-corrected chi connectivity index (χ3v) is 7.63. The lowest BCUT2D eigenvalue weighted by atomic mass is 10.0. The molecule has 1 saturated heterocycles. The summed E-state index contributed by atoms with van der Waals surface area (Å²) in [6.07, 6.45) is 5.30. The number of aromatic nitrogens is 6. The van der Waals surface area contributed by atoms with E-state index >= 15 is 0 Å². The van der Waals surface area contributed by atoms with Gasteiger partial charge in [-0.1, -0.05) is 22.8 Å². The van der Waals surface area contributed by atoms with Crippen molar-refractivity contribution in [3.05, 3.63) is 17.1 Å². The van der Waals surface area contributed by atoms with Gasteiger partial charge in [0.1, 0.15) is 30.8 Å². The Balaban J connectivity index is 1.49. The van der Waals surface area contributed by atoms with Crippen molar-refractivity contribution in [2.45, 2.75) is 23.1 Å². The van der Waals surface area contributed by atoms with Gasteiger partial charge in [-0.2, -0.15) is 9.36 Å². The first-order valence-electron chi connectivity index (χ1n) is 9.59. The molecule has 4 heterocycles. The molecule has 0 aromatic carbocycles. The first-order valence-corrected chi connectivity index (χ1v) is 12.4. The summed E-state index contributed by atoms with van der Waals surface area (Å²) in [6, 6.07) is -0.975. The number of aliphatic carboxylic acids is 1. The Morgan fingerprint density at radius 1 is 1.49 bits per heavy atom. The first kappa shape index (κ1) is 24.4. The van der Waals surface area contributed by atoms with Crippen LogP contribution in [0.1, 0.15) is 5.82 Å². The molecule has 0 bridgehead atoms. The van der Waals surface area contributed by atoms with Gasteiger partial charge in [0.25, 0.3) is 11.8 Å². The fourth-order valence-corrected chi connectivity index (χ4v) is 6.04. The largest absolute Gasteiger partial charge is 0.477 e. The molecular formula is C17H16N10O5S3. The lowest BCUT2D eigenvalue weighted by Gasteiger charge is -2.49. The lowest BCUT2D eigenvalue weighted by Crippen LogP contribution is -2.71. The number of carbonyl (C=O) groups is 3. The highest BCUT2D eigenvalue weighted by Crippen LogP contribution is 2.41. The minimum atomic E-state index is -1.25. The summed E-state index contributed by atoms with van der Waals surface area (Å²) in [5.41, 5.74) is 5.69. The molecule has 4 rings (SSSR count). The summed E-state index contributed by atoms with van der Waals surface area (Å²) in [7, 11) is 1.24. The number of β-lactam (4-membered cyclic amide) rings is 1. The summed E-state index contributed by atoms with van der Waals surface area (Å²) in [6.45, 7) is 0.167. The number of terminal acetylenes is 1. The fraction of sp³-hybridized carbons (Fsp3) is 0.353. The van der Waals surface area contributed by atoms with E-state index in [1.165, 1.54) is 35.3 Å². The number of hydrogen-bond acceptors (Lipinski definition) is 14. The monoisotopic (exact) mass is 536 g/mol. The number of amides is 2. The van der Waals surface area contributed by atoms with Crippen LogP contribution in [0.5, 0.6) is 0 Å². The van der Waals surface area contributed by atoms with Crippen molar-refractivity contribution < 1.29 is 24.3 Å². The Morgan fingerprint density at radius 3 is 2.94 bits per heavy atom. The number of oxime groups is 1. The fourth-order valence-electron chi connectivity index (χ4n) is 3.25. The molecule has 15 nitrogen and oxygen atoms in total. The van der Waals surface area contributed by atoms with Gasteiger partial charge in [-0.05, 0) is 16.0 Å². The standard InChI is InChI=1S/C17H16N10O5S3/c1-3-4-26-17(21-24-25-26)34-6-7-5-33-14-9(13(29)27(14)10(7)15(30)31)19-12(28)8(22-32-2)11-20-16(18)35-23-11/h1,9,14H,4-6H2,2H3,(H,19,28)(H,30,31)(H2,18,20,23)/b22-8+/t9?,14-/m1/s1. The van der Waals surface area contributed by atoms with Crippen LogP contribution < -0.4 is 11.1 Å². The zero-order chi connectivity index (χ0) is 25.1. The number of hydrogen-bond donors (Lipinski definition) is 3. The van der Waals surface area contributed by atoms with E-state index in [0.29, 0.717) is 16.5 Å². The number of rotatable bonds is 9. The smallest absolute Gasteiger partial charge is 0.352 e. The number of nitrogens with two attached hydrogens (primary N) is 1. The highest BCUT2D eigenvalue weighted by Gasteiger charge is 2.54. The molecule has 2 aromatic rings. The van der Waals surface area contributed by atoms with Gasteiger partial charge in [-0.15, -0.1) is 23.3 Å². The summed E-state index contributed by atoms with van der Waals surface area (Å²) in [5, 5.41) is 27.2. The van der Waals surface area contributed by atoms with Gasteiger partial charge in [-0.25, -0.2) is 9.48 Å². The van der Waals surface area contributed by atoms with Crippen molar-refractivity contribution in [2.24, 2.45) is 5.16 Å². The molecule has 1 fully saturated rings. The molecule has 0 radical (unpaired) electrons. The SMILES string of the molecule is C#CCn1nnnc1SCC1=C(C(=O)O)N2C(=O)C(NC(=O)/C(=N/OC)c3nsc(N)n3)[C@H]2SC1. The van der Waals surface area contributed by atoms with Gasteiger partial charge < -0.3 is 21.0 Å². The average molecular weight is 537 g/mol. The Morgan fingerprint density at radius 2 is 2.29 bits per heavy atom. The Bertz CT molecular complexity index is 1280. The zero-order valence-corrected chi connectivity index (χ0v) is 20.3. The second kappa shape index (κ2) is 10.3. The van der Waals surface area contributed by atoms with E-state index < -0.39 is 29.2 Å². The van der Waals surface area contributed by atoms with Gasteiger partial charge in [0.2, 0.25) is 16.7 Å². The van der Waals surface area contributed by atoms with Crippen molar-refractivity contribution >= 4 is 63.7 Å². The maximum atomic E-state index is 12.9. The van der Waals surface area contributed by atoms with Crippen molar-refractivity contribution in [2.75, 3.05) is 24.3 Å². The van der Waals surface area contributed by atoms with Crippen LogP contribution in [-0.2, 0) is 25.8 Å². The van der Waals surface area contributed by atoms with Crippen molar-refractivity contribution in [1.82, 2.24) is 39.8 Å². The molecule has 182 valence electrons. The minimum Gasteiger partial charge on any atom is -0.477 e. The van der Waals surface area contributed by atoms with Crippen LogP contribution in [0.15, 0.2) is 21.6 Å². The molecule has 2 aliphatic heterocycles. The normalized spacial score (nSPS) is 19.6. The molecule has 35 heavy (non-hydrogen) atoms. The molecule has 0 aliphatic carbocycles. The highest BCUT2D eigenvalue weighted by molar-refractivity contribution is 8.01. The van der Waals surface area contributed by atoms with E-state index in [1.807, 2.05) is 0 Å². The average Bonchev–Trinajstić information content (AvgIpc) is 3.47. The third-order valence-electron chi connectivity index (χ3n) is 4.70. The molecule has 0 saturated carbocycles. The molecule has 2 amide bonds. The number of nitrogens with one attached hydrogen (secondary N) is 1. The van der Waals surface area contributed by atoms with Gasteiger partial charge in [0, 0.05) is 23.0 Å². The predicted molar refractivity (Wildman–Crippen MR) is 125 cm³/mol. The molecule has 2 aromatic heterocycles. The molecule has 2 aliphatic rings. The molecule has 1 unspecified atom stereocenters. The van der Waals surface area contributed by atoms with E-state index in [-0.39, 0.29) is 34.7 Å².